The highest BCUT2D eigenvalue weighted by molar-refractivity contribution is 8.76. The van der Waals surface area contributed by atoms with Crippen LogP contribution < -0.4 is 18.9 Å². The summed E-state index contributed by atoms with van der Waals surface area (Å²) in [7, 11) is 5.18. The molecule has 49 heavy (non-hydrogen) atoms. The number of fused-ring (bicyclic) bond motifs is 4. The lowest BCUT2D eigenvalue weighted by Gasteiger charge is -2.41. The number of hydrogen-bond acceptors (Lipinski definition) is 10. The number of hydrogen-bond donors (Lipinski definition) is 4. The normalized spacial score (nSPS) is 25.5. The Morgan fingerprint density at radius 2 is 1.73 bits per heavy atom. The lowest BCUT2D eigenvalue weighted by atomic mass is 9.71. The molecular weight excluding hydrogens is 661 g/mol. The van der Waals surface area contributed by atoms with Crippen molar-refractivity contribution in [1.29, 1.82) is 0 Å². The number of benzene rings is 3. The molecule has 0 spiro atoms. The lowest BCUT2D eigenvalue weighted by Crippen LogP contribution is -2.37. The van der Waals surface area contributed by atoms with E-state index in [9.17, 15) is 20.4 Å². The fourth-order valence-electron chi connectivity index (χ4n) is 8.18. The van der Waals surface area contributed by atoms with Crippen molar-refractivity contribution in [1.82, 2.24) is 0 Å². The van der Waals surface area contributed by atoms with Crippen molar-refractivity contribution in [2.24, 2.45) is 5.92 Å². The van der Waals surface area contributed by atoms with Crippen LogP contribution in [0.2, 0.25) is 0 Å². The SMILES string of the molecule is COc1cc([C@@H]2Oc3cc(OCCO)c4c5c3[C@H](CSSCC[C@H](C)CC[C@H](C5)c3cc(O)ccc3-4)[C@H]2O)cc(OC2CCCCC2)c1O. The highest BCUT2D eigenvalue weighted by Gasteiger charge is 2.43. The molecule has 3 aromatic rings. The summed E-state index contributed by atoms with van der Waals surface area (Å²) in [5.74, 6) is 4.32. The van der Waals surface area contributed by atoms with E-state index < -0.39 is 12.2 Å². The summed E-state index contributed by atoms with van der Waals surface area (Å²) in [5.41, 5.74) is 5.87. The molecule has 8 nitrogen and oxygen atoms in total. The second kappa shape index (κ2) is 15.1. The molecule has 2 bridgehead atoms. The van der Waals surface area contributed by atoms with Gasteiger partial charge in [0.15, 0.2) is 17.6 Å². The van der Waals surface area contributed by atoms with E-state index in [4.69, 9.17) is 18.9 Å². The van der Waals surface area contributed by atoms with Crippen molar-refractivity contribution in [3.8, 4) is 45.6 Å². The smallest absolute Gasteiger partial charge is 0.200 e. The van der Waals surface area contributed by atoms with E-state index in [1.54, 1.807) is 29.0 Å². The first-order valence-electron chi connectivity index (χ1n) is 17.8. The third-order valence-electron chi connectivity index (χ3n) is 10.8. The summed E-state index contributed by atoms with van der Waals surface area (Å²) in [4.78, 5) is 0. The van der Waals surface area contributed by atoms with Crippen LogP contribution >= 0.6 is 21.6 Å². The van der Waals surface area contributed by atoms with E-state index in [-0.39, 0.29) is 48.4 Å². The summed E-state index contributed by atoms with van der Waals surface area (Å²) in [6.45, 7) is 2.32. The van der Waals surface area contributed by atoms with Gasteiger partial charge in [0.2, 0.25) is 5.75 Å². The lowest BCUT2D eigenvalue weighted by molar-refractivity contribution is 0.00403. The summed E-state index contributed by atoms with van der Waals surface area (Å²) in [5, 5.41) is 43.8. The van der Waals surface area contributed by atoms with Gasteiger partial charge in [-0.1, -0.05) is 47.4 Å². The van der Waals surface area contributed by atoms with E-state index in [1.807, 2.05) is 29.0 Å². The maximum atomic E-state index is 12.4. The number of aliphatic hydroxyl groups excluding tert-OH is 2. The van der Waals surface area contributed by atoms with Gasteiger partial charge < -0.3 is 39.4 Å². The number of phenols is 2. The van der Waals surface area contributed by atoms with Crippen LogP contribution in [0.15, 0.2) is 36.4 Å². The van der Waals surface area contributed by atoms with Gasteiger partial charge in [-0.2, -0.15) is 0 Å². The van der Waals surface area contributed by atoms with Gasteiger partial charge in [-0.25, -0.2) is 0 Å². The minimum Gasteiger partial charge on any atom is -0.508 e. The van der Waals surface area contributed by atoms with Crippen molar-refractivity contribution < 1.29 is 39.4 Å². The molecule has 5 atom stereocenters. The number of aromatic hydroxyl groups is 2. The Morgan fingerprint density at radius 3 is 2.53 bits per heavy atom. The van der Waals surface area contributed by atoms with Crippen molar-refractivity contribution in [2.45, 2.75) is 94.9 Å². The molecule has 0 amide bonds. The monoisotopic (exact) mass is 708 g/mol. The van der Waals surface area contributed by atoms with E-state index in [0.717, 1.165) is 84.9 Å². The molecule has 2 heterocycles. The molecular formula is C39H48O8S2. The molecule has 2 aliphatic heterocycles. The molecule has 7 rings (SSSR count). The van der Waals surface area contributed by atoms with Crippen LogP contribution in [0.1, 0.15) is 98.5 Å². The van der Waals surface area contributed by atoms with Gasteiger partial charge >= 0.3 is 0 Å². The van der Waals surface area contributed by atoms with E-state index in [1.165, 1.54) is 13.5 Å². The molecule has 1 saturated carbocycles. The fourth-order valence-corrected chi connectivity index (χ4v) is 10.8. The zero-order chi connectivity index (χ0) is 34.1. The van der Waals surface area contributed by atoms with Gasteiger partial charge in [0.1, 0.15) is 30.0 Å². The van der Waals surface area contributed by atoms with Gasteiger partial charge in [-0.05, 0) is 97.7 Å². The summed E-state index contributed by atoms with van der Waals surface area (Å²) >= 11 is 0. The summed E-state index contributed by atoms with van der Waals surface area (Å²) in [6, 6.07) is 11.1. The quantitative estimate of drug-likeness (QED) is 0.179. The predicted octanol–water partition coefficient (Wildman–Crippen LogP) is 8.28. The molecule has 4 N–H and O–H groups in total. The second-order valence-electron chi connectivity index (χ2n) is 14.0. The first-order valence-corrected chi connectivity index (χ1v) is 20.3. The van der Waals surface area contributed by atoms with E-state index >= 15 is 0 Å². The van der Waals surface area contributed by atoms with Crippen LogP contribution in [0.4, 0.5) is 0 Å². The molecule has 0 radical (unpaired) electrons. The minimum absolute atomic E-state index is 0.0135. The molecule has 0 aromatic heterocycles. The fraction of sp³-hybridized carbons (Fsp3) is 0.538. The number of rotatable bonds is 7. The van der Waals surface area contributed by atoms with Crippen LogP contribution in [0.5, 0.6) is 34.5 Å². The number of phenolic OH excluding ortho intramolecular Hbond substituents is 2. The highest BCUT2D eigenvalue weighted by atomic mass is 33.1. The standard InChI is InChI=1S/C39H48O8S2/c1-22-8-9-23-16-29-35(27-11-10-25(41)19-28(23)27)31(45-14-13-40)20-32-36(29)30(21-49-48-15-12-22)37(42)39(47-32)24-17-33(44-2)38(43)34(18-24)46-26-6-4-3-5-7-26/h10-11,17-20,22-23,26,30,37,39-43H,3-9,12-16,21H2,1-2H3/t22-,23-,30+,37-,39+/m1/s1. The van der Waals surface area contributed by atoms with E-state index in [2.05, 4.69) is 6.92 Å². The summed E-state index contributed by atoms with van der Waals surface area (Å²) < 4.78 is 25.1. The van der Waals surface area contributed by atoms with Crippen molar-refractivity contribution >= 4 is 21.6 Å². The van der Waals surface area contributed by atoms with Crippen LogP contribution in [0.3, 0.4) is 0 Å². The number of aliphatic hydroxyl groups is 2. The zero-order valence-electron chi connectivity index (χ0n) is 28.4. The first-order chi connectivity index (χ1) is 23.9. The highest BCUT2D eigenvalue weighted by Crippen LogP contribution is 2.56. The molecule has 10 heteroatoms. The first kappa shape index (κ1) is 34.5. The van der Waals surface area contributed by atoms with Crippen LogP contribution in [0, 0.1) is 5.92 Å². The average molecular weight is 709 g/mol. The van der Waals surface area contributed by atoms with Crippen LogP contribution in [0.25, 0.3) is 11.1 Å². The zero-order valence-corrected chi connectivity index (χ0v) is 30.0. The molecule has 2 aliphatic carbocycles. The predicted molar refractivity (Wildman–Crippen MR) is 195 cm³/mol. The largest absolute Gasteiger partial charge is 0.508 e. The Labute approximate surface area is 296 Å². The van der Waals surface area contributed by atoms with Crippen molar-refractivity contribution in [3.05, 3.63) is 58.7 Å². The molecule has 4 aliphatic rings. The Bertz CT molecular complexity index is 1640. The molecule has 3 aromatic carbocycles. The molecule has 0 saturated heterocycles. The Kier molecular flexibility index (Phi) is 10.7. The van der Waals surface area contributed by atoms with E-state index in [0.29, 0.717) is 34.5 Å². The Hall–Kier alpha value is -2.92. The third kappa shape index (κ3) is 7.03. The van der Waals surface area contributed by atoms with Gasteiger partial charge in [0.05, 0.1) is 19.8 Å². The van der Waals surface area contributed by atoms with Gasteiger partial charge in [-0.3, -0.25) is 0 Å². The van der Waals surface area contributed by atoms with Gasteiger partial charge in [-0.15, -0.1) is 0 Å². The second-order valence-corrected chi connectivity index (χ2v) is 16.7. The topological polar surface area (TPSA) is 118 Å². The summed E-state index contributed by atoms with van der Waals surface area (Å²) in [6.07, 6.45) is 7.54. The Morgan fingerprint density at radius 1 is 0.918 bits per heavy atom. The van der Waals surface area contributed by atoms with Gasteiger partial charge in [0, 0.05) is 40.2 Å². The molecule has 0 unspecified atom stereocenters. The average Bonchev–Trinajstić information content (AvgIpc) is 3.12. The van der Waals surface area contributed by atoms with Crippen molar-refractivity contribution in [3.63, 3.8) is 0 Å². The Balaban J connectivity index is 1.37. The number of ether oxygens (including phenoxy) is 4. The third-order valence-corrected chi connectivity index (χ3v) is 13.3. The molecule has 264 valence electrons. The van der Waals surface area contributed by atoms with Gasteiger partial charge in [0.25, 0.3) is 0 Å². The van der Waals surface area contributed by atoms with Crippen LogP contribution in [-0.4, -0.2) is 64.5 Å². The minimum atomic E-state index is -0.894. The van der Waals surface area contributed by atoms with Crippen LogP contribution in [-0.2, 0) is 6.42 Å². The van der Waals surface area contributed by atoms with Crippen molar-refractivity contribution in [2.75, 3.05) is 31.8 Å². The maximum absolute atomic E-state index is 12.4. The molecule has 1 fully saturated rings. The number of methoxy groups -OCH3 is 1. The maximum Gasteiger partial charge on any atom is 0.200 e.